The topological polar surface area (TPSA) is 81.4 Å². The molecule has 3 atom stereocenters. The van der Waals surface area contributed by atoms with Crippen LogP contribution in [0.15, 0.2) is 24.3 Å². The molecule has 6 heteroatoms. The van der Waals surface area contributed by atoms with Gasteiger partial charge < -0.3 is 5.11 Å². The quantitative estimate of drug-likeness (QED) is 0.846. The first-order valence-corrected chi connectivity index (χ1v) is 9.36. The first-order chi connectivity index (χ1) is 10.9. The van der Waals surface area contributed by atoms with Crippen LogP contribution in [-0.2, 0) is 10.0 Å². The minimum absolute atomic E-state index is 0.312. The van der Waals surface area contributed by atoms with E-state index < -0.39 is 22.1 Å². The van der Waals surface area contributed by atoms with Crippen LogP contribution in [-0.4, -0.2) is 42.8 Å². The summed E-state index contributed by atoms with van der Waals surface area (Å²) >= 11 is 0. The van der Waals surface area contributed by atoms with E-state index >= 15 is 0 Å². The lowest BCUT2D eigenvalue weighted by Crippen LogP contribution is -2.64. The van der Waals surface area contributed by atoms with Crippen molar-refractivity contribution < 1.29 is 13.5 Å². The van der Waals surface area contributed by atoms with Gasteiger partial charge in [-0.05, 0) is 24.1 Å². The second-order valence-electron chi connectivity index (χ2n) is 5.62. The molecule has 0 spiro atoms. The van der Waals surface area contributed by atoms with Gasteiger partial charge in [-0.3, -0.25) is 0 Å². The number of benzene rings is 1. The van der Waals surface area contributed by atoms with Crippen molar-refractivity contribution in [2.24, 2.45) is 0 Å². The molecule has 23 heavy (non-hydrogen) atoms. The summed E-state index contributed by atoms with van der Waals surface area (Å²) in [6.07, 6.45) is 2.91. The summed E-state index contributed by atoms with van der Waals surface area (Å²) in [6.45, 7) is 1.76. The summed E-state index contributed by atoms with van der Waals surface area (Å²) in [5.74, 6) is 5.80. The highest BCUT2D eigenvalue weighted by Gasteiger charge is 2.53. The van der Waals surface area contributed by atoms with Gasteiger partial charge in [-0.1, -0.05) is 30.9 Å². The Hall–Kier alpha value is -1.86. The molecule has 1 heterocycles. The van der Waals surface area contributed by atoms with Crippen molar-refractivity contribution in [3.8, 4) is 17.9 Å². The molecule has 0 amide bonds. The van der Waals surface area contributed by atoms with Crippen molar-refractivity contribution in [3.05, 3.63) is 35.4 Å². The van der Waals surface area contributed by atoms with Crippen molar-refractivity contribution >= 4 is 10.0 Å². The number of unbranched alkanes of at least 4 members (excludes halogenated alkanes) is 1. The number of aliphatic hydroxyl groups is 1. The maximum atomic E-state index is 11.8. The van der Waals surface area contributed by atoms with Gasteiger partial charge in [0.2, 0.25) is 10.0 Å². The second-order valence-corrected chi connectivity index (χ2v) is 7.50. The van der Waals surface area contributed by atoms with Crippen LogP contribution >= 0.6 is 0 Å². The normalized spacial score (nSPS) is 24.2. The van der Waals surface area contributed by atoms with E-state index in [0.29, 0.717) is 0 Å². The number of hydrogen-bond donors (Lipinski definition) is 1. The fraction of sp³-hybridized carbons (Fsp3) is 0.471. The second kappa shape index (κ2) is 7.14. The average molecular weight is 332 g/mol. The van der Waals surface area contributed by atoms with Gasteiger partial charge in [0.1, 0.15) is 6.04 Å². The van der Waals surface area contributed by atoms with Crippen LogP contribution in [0.5, 0.6) is 0 Å². The zero-order valence-electron chi connectivity index (χ0n) is 13.2. The van der Waals surface area contributed by atoms with Gasteiger partial charge in [-0.2, -0.15) is 9.57 Å². The Balaban J connectivity index is 2.25. The third kappa shape index (κ3) is 3.56. The largest absolute Gasteiger partial charge is 0.395 e. The lowest BCUT2D eigenvalue weighted by atomic mass is 9.78. The molecule has 1 aromatic carbocycles. The smallest absolute Gasteiger partial charge is 0.212 e. The molecule has 1 aromatic rings. The minimum atomic E-state index is -3.52. The van der Waals surface area contributed by atoms with Gasteiger partial charge >= 0.3 is 0 Å². The van der Waals surface area contributed by atoms with Gasteiger partial charge in [0.15, 0.2) is 0 Å². The van der Waals surface area contributed by atoms with E-state index in [1.807, 2.05) is 30.3 Å². The first kappa shape index (κ1) is 17.5. The number of sulfonamides is 1. The molecule has 0 radical (unpaired) electrons. The molecule has 5 nitrogen and oxygen atoms in total. The van der Waals surface area contributed by atoms with Crippen LogP contribution in [0.2, 0.25) is 0 Å². The Bertz CT molecular complexity index is 754. The number of nitrogens with zero attached hydrogens (tertiary/aromatic N) is 2. The summed E-state index contributed by atoms with van der Waals surface area (Å²) in [7, 11) is -3.52. The minimum Gasteiger partial charge on any atom is -0.395 e. The molecule has 1 aliphatic rings. The van der Waals surface area contributed by atoms with Crippen molar-refractivity contribution in [2.45, 2.75) is 37.8 Å². The van der Waals surface area contributed by atoms with Crippen LogP contribution in [0.1, 0.15) is 36.8 Å². The molecule has 122 valence electrons. The molecule has 0 bridgehead atoms. The number of hydrogen-bond acceptors (Lipinski definition) is 4. The molecule has 2 rings (SSSR count). The van der Waals surface area contributed by atoms with Gasteiger partial charge in [0.25, 0.3) is 0 Å². The lowest BCUT2D eigenvalue weighted by molar-refractivity contribution is 0.0564. The van der Waals surface area contributed by atoms with Crippen molar-refractivity contribution in [3.63, 3.8) is 0 Å². The van der Waals surface area contributed by atoms with E-state index in [-0.39, 0.29) is 12.5 Å². The summed E-state index contributed by atoms with van der Waals surface area (Å²) in [4.78, 5) is 0. The Kier molecular flexibility index (Phi) is 5.43. The summed E-state index contributed by atoms with van der Waals surface area (Å²) < 4.78 is 24.6. The third-order valence-corrected chi connectivity index (χ3v) is 5.23. The summed E-state index contributed by atoms with van der Waals surface area (Å²) in [5, 5.41) is 18.8. The SMILES string of the molecule is CCCC#Cc1ccc([C@@H]2[C@@H](CO)N(S(C)(=O)=O)[C@H]2C#N)cc1. The zero-order valence-corrected chi connectivity index (χ0v) is 14.0. The van der Waals surface area contributed by atoms with E-state index in [1.54, 1.807) is 0 Å². The predicted molar refractivity (Wildman–Crippen MR) is 87.9 cm³/mol. The highest BCUT2D eigenvalue weighted by molar-refractivity contribution is 7.88. The Labute approximate surface area is 137 Å². The van der Waals surface area contributed by atoms with E-state index in [1.165, 1.54) is 0 Å². The fourth-order valence-corrected chi connectivity index (χ4v) is 4.18. The van der Waals surface area contributed by atoms with Crippen LogP contribution in [0.3, 0.4) is 0 Å². The van der Waals surface area contributed by atoms with Crippen LogP contribution in [0.25, 0.3) is 0 Å². The van der Waals surface area contributed by atoms with Crippen LogP contribution < -0.4 is 0 Å². The van der Waals surface area contributed by atoms with Crippen molar-refractivity contribution in [1.29, 1.82) is 5.26 Å². The van der Waals surface area contributed by atoms with Gasteiger partial charge in [-0.15, -0.1) is 0 Å². The number of aliphatic hydroxyl groups excluding tert-OH is 1. The third-order valence-electron chi connectivity index (χ3n) is 3.96. The fourth-order valence-electron chi connectivity index (χ4n) is 2.90. The Morgan fingerprint density at radius 3 is 2.43 bits per heavy atom. The molecular weight excluding hydrogens is 312 g/mol. The maximum absolute atomic E-state index is 11.8. The summed E-state index contributed by atoms with van der Waals surface area (Å²) in [6, 6.07) is 8.10. The molecule has 1 saturated heterocycles. The molecule has 0 aliphatic carbocycles. The summed E-state index contributed by atoms with van der Waals surface area (Å²) in [5.41, 5.74) is 1.73. The molecule has 1 fully saturated rings. The number of rotatable bonds is 4. The van der Waals surface area contributed by atoms with Gasteiger partial charge in [-0.25, -0.2) is 8.42 Å². The zero-order chi connectivity index (χ0) is 17.0. The Morgan fingerprint density at radius 2 is 1.96 bits per heavy atom. The molecule has 0 aromatic heterocycles. The van der Waals surface area contributed by atoms with E-state index in [2.05, 4.69) is 18.8 Å². The standard InChI is InChI=1S/C17H20N2O3S/c1-3-4-5-6-13-7-9-14(10-8-13)17-15(11-18)19(16(17)12-20)23(2,21)22/h7-10,15-17,20H,3-4,12H2,1-2H3/t15-,16+,17-/m0/s1. The predicted octanol–water partition coefficient (Wildman–Crippen LogP) is 1.45. The van der Waals surface area contributed by atoms with Crippen LogP contribution in [0, 0.1) is 23.2 Å². The lowest BCUT2D eigenvalue weighted by Gasteiger charge is -2.49. The maximum Gasteiger partial charge on any atom is 0.212 e. The monoisotopic (exact) mass is 332 g/mol. The molecular formula is C17H20N2O3S. The molecule has 1 N–H and O–H groups in total. The van der Waals surface area contributed by atoms with Crippen molar-refractivity contribution in [1.82, 2.24) is 4.31 Å². The Morgan fingerprint density at radius 1 is 1.30 bits per heavy atom. The van der Waals surface area contributed by atoms with E-state index in [9.17, 15) is 18.8 Å². The van der Waals surface area contributed by atoms with Gasteiger partial charge in [0.05, 0.1) is 25.0 Å². The van der Waals surface area contributed by atoms with E-state index in [0.717, 1.165) is 34.5 Å². The first-order valence-electron chi connectivity index (χ1n) is 7.51. The number of nitriles is 1. The highest BCUT2D eigenvalue weighted by atomic mass is 32.2. The molecule has 1 aliphatic heterocycles. The van der Waals surface area contributed by atoms with Crippen LogP contribution in [0.4, 0.5) is 0 Å². The average Bonchev–Trinajstić information content (AvgIpc) is 2.47. The molecule has 0 saturated carbocycles. The molecule has 0 unspecified atom stereocenters. The van der Waals surface area contributed by atoms with Crippen molar-refractivity contribution in [2.75, 3.05) is 12.9 Å². The van der Waals surface area contributed by atoms with Gasteiger partial charge in [0, 0.05) is 17.9 Å². The highest BCUT2D eigenvalue weighted by Crippen LogP contribution is 2.41. The van der Waals surface area contributed by atoms with E-state index in [4.69, 9.17) is 0 Å².